The lowest BCUT2D eigenvalue weighted by molar-refractivity contribution is -0.160. The van der Waals surface area contributed by atoms with Gasteiger partial charge in [-0.2, -0.15) is 0 Å². The maximum Gasteiger partial charge on any atom is 0.157 e. The van der Waals surface area contributed by atoms with E-state index in [2.05, 4.69) is 17.1 Å². The SMILES string of the molecule is C1=CC(CCOC2CCCCO2)=NC1. The van der Waals surface area contributed by atoms with Crippen LogP contribution < -0.4 is 0 Å². The summed E-state index contributed by atoms with van der Waals surface area (Å²) in [6, 6.07) is 0. The van der Waals surface area contributed by atoms with Crippen LogP contribution in [0, 0.1) is 0 Å². The number of hydrogen-bond acceptors (Lipinski definition) is 3. The van der Waals surface area contributed by atoms with E-state index in [0.717, 1.165) is 38.3 Å². The van der Waals surface area contributed by atoms with E-state index in [1.165, 1.54) is 12.8 Å². The van der Waals surface area contributed by atoms with E-state index in [1.54, 1.807) is 0 Å². The van der Waals surface area contributed by atoms with Crippen LogP contribution in [0.15, 0.2) is 17.1 Å². The van der Waals surface area contributed by atoms with Crippen molar-refractivity contribution in [3.05, 3.63) is 12.2 Å². The number of ether oxygens (including phenoxy) is 2. The van der Waals surface area contributed by atoms with Gasteiger partial charge in [0.2, 0.25) is 0 Å². The van der Waals surface area contributed by atoms with Gasteiger partial charge in [0.05, 0.1) is 13.2 Å². The average molecular weight is 195 g/mol. The Balaban J connectivity index is 1.59. The van der Waals surface area contributed by atoms with Gasteiger partial charge < -0.3 is 9.47 Å². The molecule has 1 atom stereocenters. The van der Waals surface area contributed by atoms with Crippen LogP contribution in [0.1, 0.15) is 25.7 Å². The highest BCUT2D eigenvalue weighted by Crippen LogP contribution is 2.14. The zero-order chi connectivity index (χ0) is 9.64. The topological polar surface area (TPSA) is 30.8 Å². The highest BCUT2D eigenvalue weighted by atomic mass is 16.7. The van der Waals surface area contributed by atoms with E-state index in [1.807, 2.05) is 0 Å². The summed E-state index contributed by atoms with van der Waals surface area (Å²) < 4.78 is 11.1. The van der Waals surface area contributed by atoms with E-state index >= 15 is 0 Å². The van der Waals surface area contributed by atoms with Crippen molar-refractivity contribution >= 4 is 5.71 Å². The van der Waals surface area contributed by atoms with Crippen molar-refractivity contribution in [2.24, 2.45) is 4.99 Å². The molecule has 2 heterocycles. The molecule has 1 fully saturated rings. The van der Waals surface area contributed by atoms with Gasteiger partial charge >= 0.3 is 0 Å². The molecule has 0 bridgehead atoms. The van der Waals surface area contributed by atoms with Crippen molar-refractivity contribution in [1.82, 2.24) is 0 Å². The Kier molecular flexibility index (Phi) is 3.72. The molecule has 0 radical (unpaired) electrons. The van der Waals surface area contributed by atoms with Crippen LogP contribution in [0.2, 0.25) is 0 Å². The molecule has 2 aliphatic rings. The van der Waals surface area contributed by atoms with Crippen molar-refractivity contribution in [3.63, 3.8) is 0 Å². The fraction of sp³-hybridized carbons (Fsp3) is 0.727. The summed E-state index contributed by atoms with van der Waals surface area (Å²) >= 11 is 0. The molecule has 0 amide bonds. The maximum absolute atomic E-state index is 5.61. The second-order valence-corrected chi connectivity index (χ2v) is 3.65. The summed E-state index contributed by atoms with van der Waals surface area (Å²) in [5, 5.41) is 0. The second-order valence-electron chi connectivity index (χ2n) is 3.65. The van der Waals surface area contributed by atoms with Gasteiger partial charge in [0.15, 0.2) is 6.29 Å². The van der Waals surface area contributed by atoms with E-state index in [4.69, 9.17) is 9.47 Å². The summed E-state index contributed by atoms with van der Waals surface area (Å²) in [7, 11) is 0. The largest absolute Gasteiger partial charge is 0.353 e. The maximum atomic E-state index is 5.61. The highest BCUT2D eigenvalue weighted by molar-refractivity contribution is 5.96. The second kappa shape index (κ2) is 5.27. The first kappa shape index (κ1) is 9.87. The van der Waals surface area contributed by atoms with E-state index < -0.39 is 0 Å². The monoisotopic (exact) mass is 195 g/mol. The quantitative estimate of drug-likeness (QED) is 0.686. The summed E-state index contributed by atoms with van der Waals surface area (Å²) in [5.41, 5.74) is 1.15. The van der Waals surface area contributed by atoms with Gasteiger partial charge in [-0.15, -0.1) is 0 Å². The van der Waals surface area contributed by atoms with E-state index in [0.29, 0.717) is 0 Å². The lowest BCUT2D eigenvalue weighted by atomic mass is 10.2. The van der Waals surface area contributed by atoms with Gasteiger partial charge in [0, 0.05) is 18.7 Å². The Morgan fingerprint density at radius 3 is 3.21 bits per heavy atom. The molecule has 0 aromatic rings. The predicted octanol–water partition coefficient (Wildman–Crippen LogP) is 1.93. The molecule has 1 saturated heterocycles. The number of aliphatic imine (C=N–C) groups is 1. The molecule has 14 heavy (non-hydrogen) atoms. The minimum atomic E-state index is 0.0368. The molecule has 0 aliphatic carbocycles. The molecule has 3 nitrogen and oxygen atoms in total. The fourth-order valence-electron chi connectivity index (χ4n) is 1.71. The number of allylic oxidation sites excluding steroid dienone is 1. The van der Waals surface area contributed by atoms with Gasteiger partial charge in [-0.05, 0) is 25.3 Å². The number of nitrogens with zero attached hydrogens (tertiary/aromatic N) is 1. The molecule has 2 rings (SSSR count). The van der Waals surface area contributed by atoms with Crippen molar-refractivity contribution in [3.8, 4) is 0 Å². The molecule has 1 unspecified atom stereocenters. The number of rotatable bonds is 4. The zero-order valence-electron chi connectivity index (χ0n) is 8.45. The van der Waals surface area contributed by atoms with E-state index in [-0.39, 0.29) is 6.29 Å². The lowest BCUT2D eigenvalue weighted by Gasteiger charge is -2.22. The molecular weight excluding hydrogens is 178 g/mol. The highest BCUT2D eigenvalue weighted by Gasteiger charge is 2.13. The standard InChI is InChI=1S/C11H17NO2/c1-2-8-13-11(5-1)14-9-6-10-4-3-7-12-10/h3-4,11H,1-2,5-9H2. The van der Waals surface area contributed by atoms with Crippen LogP contribution in [0.5, 0.6) is 0 Å². The van der Waals surface area contributed by atoms with Crippen LogP contribution in [-0.2, 0) is 9.47 Å². The molecule has 78 valence electrons. The molecule has 3 heteroatoms. The summed E-state index contributed by atoms with van der Waals surface area (Å²) in [6.07, 6.45) is 8.55. The van der Waals surface area contributed by atoms with Crippen molar-refractivity contribution in [2.75, 3.05) is 19.8 Å². The van der Waals surface area contributed by atoms with Crippen LogP contribution >= 0.6 is 0 Å². The van der Waals surface area contributed by atoms with Crippen molar-refractivity contribution in [1.29, 1.82) is 0 Å². The molecule has 2 aliphatic heterocycles. The minimum Gasteiger partial charge on any atom is -0.353 e. The van der Waals surface area contributed by atoms with Gasteiger partial charge in [-0.3, -0.25) is 4.99 Å². The zero-order valence-corrected chi connectivity index (χ0v) is 8.45. The molecular formula is C11H17NO2. The smallest absolute Gasteiger partial charge is 0.157 e. The Labute approximate surface area is 84.8 Å². The first-order chi connectivity index (χ1) is 6.95. The Morgan fingerprint density at radius 1 is 1.50 bits per heavy atom. The van der Waals surface area contributed by atoms with Crippen molar-refractivity contribution < 1.29 is 9.47 Å². The first-order valence-corrected chi connectivity index (χ1v) is 5.38. The van der Waals surface area contributed by atoms with Crippen LogP contribution in [0.25, 0.3) is 0 Å². The predicted molar refractivity (Wildman–Crippen MR) is 55.6 cm³/mol. The van der Waals surface area contributed by atoms with Gasteiger partial charge in [-0.1, -0.05) is 6.08 Å². The van der Waals surface area contributed by atoms with Gasteiger partial charge in [-0.25, -0.2) is 0 Å². The summed E-state index contributed by atoms with van der Waals surface area (Å²) in [6.45, 7) is 2.43. The fourth-order valence-corrected chi connectivity index (χ4v) is 1.71. The third kappa shape index (κ3) is 2.93. The normalized spacial score (nSPS) is 26.6. The summed E-state index contributed by atoms with van der Waals surface area (Å²) in [4.78, 5) is 4.30. The van der Waals surface area contributed by atoms with E-state index in [9.17, 15) is 0 Å². The van der Waals surface area contributed by atoms with Crippen LogP contribution in [0.4, 0.5) is 0 Å². The van der Waals surface area contributed by atoms with Crippen LogP contribution in [0.3, 0.4) is 0 Å². The lowest BCUT2D eigenvalue weighted by Crippen LogP contribution is -2.23. The van der Waals surface area contributed by atoms with Crippen molar-refractivity contribution in [2.45, 2.75) is 32.0 Å². The minimum absolute atomic E-state index is 0.0368. The Morgan fingerprint density at radius 2 is 2.50 bits per heavy atom. The molecule has 0 aromatic heterocycles. The van der Waals surface area contributed by atoms with Crippen LogP contribution in [-0.4, -0.2) is 31.8 Å². The third-order valence-corrected chi connectivity index (χ3v) is 2.51. The summed E-state index contributed by atoms with van der Waals surface area (Å²) in [5.74, 6) is 0. The first-order valence-electron chi connectivity index (χ1n) is 5.38. The molecule has 0 saturated carbocycles. The third-order valence-electron chi connectivity index (χ3n) is 2.51. The molecule has 0 aromatic carbocycles. The Bertz CT molecular complexity index is 229. The number of hydrogen-bond donors (Lipinski definition) is 0. The average Bonchev–Trinajstić information content (AvgIpc) is 2.72. The molecule has 0 N–H and O–H groups in total. The van der Waals surface area contributed by atoms with Gasteiger partial charge in [0.25, 0.3) is 0 Å². The van der Waals surface area contributed by atoms with Gasteiger partial charge in [0.1, 0.15) is 0 Å². The molecule has 0 spiro atoms. The Hall–Kier alpha value is -0.670.